The number of hydrogen-bond donors (Lipinski definition) is 6. The monoisotopic (exact) mass is 1070 g/mol. The Bertz CT molecular complexity index is 1800. The van der Waals surface area contributed by atoms with Gasteiger partial charge in [-0.3, -0.25) is 9.59 Å². The zero-order chi connectivity index (χ0) is 56.1. The quantitative estimate of drug-likeness (QED) is 0.0149. The van der Waals surface area contributed by atoms with Crippen molar-refractivity contribution in [1.29, 1.82) is 0 Å². The predicted molar refractivity (Wildman–Crippen MR) is 319 cm³/mol. The van der Waals surface area contributed by atoms with Gasteiger partial charge in [-0.25, -0.2) is 0 Å². The van der Waals surface area contributed by atoms with Crippen LogP contribution in [-0.4, -0.2) is 99.6 Å². The standard InChI is InChI=1S/C66H105NO10/c1-4-7-10-13-16-19-22-25-27-29-31-32-35-38-41-44-47-50-53-59(70)65(74)67-57(58(69)52-49-46-43-40-37-34-24-21-18-15-12-9-6-3)56-75-66-64(63(73)62(72)60(55-68)76-66)77-61(71)54-51-48-45-42-39-36-33-30-28-26-23-20-17-14-11-8-5-2/h7-8,10-11,14,16-17,19-20,23,25-28,30-33,36,38-39,41,49,52,57-60,62-64,66,68-70,72-73H,4-6,9,12-13,15,18,21-22,24,29,34-35,37,40,42-48,50-51,53-56H2,1-3H3,(H,67,74)/b10-7-,11-8-,17-14+,19-16-,23-20+,27-25-,28-26-,32-31-,33-30+,39-36+,41-38-,52-49+. The Morgan fingerprint density at radius 1 is 0.532 bits per heavy atom. The minimum absolute atomic E-state index is 0.0585. The van der Waals surface area contributed by atoms with Crippen LogP contribution in [0.25, 0.3) is 0 Å². The van der Waals surface area contributed by atoms with E-state index in [1.807, 2.05) is 66.8 Å². The van der Waals surface area contributed by atoms with E-state index in [0.717, 1.165) is 96.3 Å². The van der Waals surface area contributed by atoms with Gasteiger partial charge in [0.25, 0.3) is 0 Å². The molecule has 0 saturated carbocycles. The molecule has 1 aliphatic heterocycles. The number of amides is 1. The number of hydrogen-bond acceptors (Lipinski definition) is 10. The van der Waals surface area contributed by atoms with Gasteiger partial charge in [-0.05, 0) is 89.9 Å². The van der Waals surface area contributed by atoms with Crippen LogP contribution in [0, 0.1) is 0 Å². The van der Waals surface area contributed by atoms with Crippen LogP contribution in [0.2, 0.25) is 0 Å². The number of carbonyl (C=O) groups is 2. The Balaban J connectivity index is 2.80. The van der Waals surface area contributed by atoms with Gasteiger partial charge >= 0.3 is 5.97 Å². The first-order chi connectivity index (χ1) is 37.7. The zero-order valence-corrected chi connectivity index (χ0v) is 47.8. The van der Waals surface area contributed by atoms with Crippen LogP contribution >= 0.6 is 0 Å². The molecule has 6 N–H and O–H groups in total. The fraction of sp³-hybridized carbons (Fsp3) is 0.606. The number of ether oxygens (including phenoxy) is 3. The average molecular weight is 1070 g/mol. The number of rotatable bonds is 47. The molecular weight excluding hydrogens is 967 g/mol. The van der Waals surface area contributed by atoms with E-state index in [0.29, 0.717) is 12.8 Å². The van der Waals surface area contributed by atoms with E-state index in [-0.39, 0.29) is 19.4 Å². The molecule has 1 heterocycles. The molecule has 0 radical (unpaired) electrons. The Kier molecular flexibility index (Phi) is 47.9. The van der Waals surface area contributed by atoms with Crippen molar-refractivity contribution in [3.05, 3.63) is 146 Å². The van der Waals surface area contributed by atoms with Crippen molar-refractivity contribution in [2.45, 2.75) is 243 Å². The summed E-state index contributed by atoms with van der Waals surface area (Å²) in [6.45, 7) is 5.46. The number of nitrogens with one attached hydrogen (secondary N) is 1. The third-order valence-electron chi connectivity index (χ3n) is 12.9. The molecule has 8 unspecified atom stereocenters. The van der Waals surface area contributed by atoms with Gasteiger partial charge in [-0.15, -0.1) is 0 Å². The second-order valence-corrected chi connectivity index (χ2v) is 19.8. The Hall–Kier alpha value is -4.46. The van der Waals surface area contributed by atoms with Crippen LogP contribution in [-0.2, 0) is 23.8 Å². The topological polar surface area (TPSA) is 175 Å². The third-order valence-corrected chi connectivity index (χ3v) is 12.9. The molecule has 0 spiro atoms. The molecule has 8 atom stereocenters. The number of carbonyl (C=O) groups excluding carboxylic acids is 2. The van der Waals surface area contributed by atoms with E-state index >= 15 is 0 Å². The normalized spacial score (nSPS) is 20.1. The summed E-state index contributed by atoms with van der Waals surface area (Å²) in [6.07, 6.45) is 64.5. The number of aliphatic hydroxyl groups excluding tert-OH is 5. The lowest BCUT2D eigenvalue weighted by atomic mass is 9.99. The van der Waals surface area contributed by atoms with Crippen LogP contribution in [0.4, 0.5) is 0 Å². The van der Waals surface area contributed by atoms with Gasteiger partial charge in [-0.2, -0.15) is 0 Å². The lowest BCUT2D eigenvalue weighted by molar-refractivity contribution is -0.305. The van der Waals surface area contributed by atoms with Gasteiger partial charge in [0.1, 0.15) is 24.4 Å². The molecule has 11 nitrogen and oxygen atoms in total. The van der Waals surface area contributed by atoms with Gasteiger partial charge in [-0.1, -0.05) is 244 Å². The maximum absolute atomic E-state index is 13.4. The average Bonchev–Trinajstić information content (AvgIpc) is 3.43. The molecular formula is C66H105NO10. The highest BCUT2D eigenvalue weighted by Crippen LogP contribution is 2.26. The van der Waals surface area contributed by atoms with Crippen molar-refractivity contribution in [2.75, 3.05) is 13.2 Å². The summed E-state index contributed by atoms with van der Waals surface area (Å²) in [5.74, 6) is -1.29. The van der Waals surface area contributed by atoms with Crippen molar-refractivity contribution in [3.8, 4) is 0 Å². The SMILES string of the molecule is CC\C=C/C=C/C=C/C=C\C=C\C=C\CCCCCC(=O)OC1C(OCC(NC(=O)C(O)CCCC/C=C\C/C=C\C/C=C\C/C=C\C/C=C\CC)C(O)/C=C/CCCCCCCCCCCCC)OC(CO)C(O)C1O. The van der Waals surface area contributed by atoms with E-state index in [2.05, 4.69) is 99.0 Å². The highest BCUT2D eigenvalue weighted by molar-refractivity contribution is 5.80. The highest BCUT2D eigenvalue weighted by Gasteiger charge is 2.47. The number of unbranched alkanes of at least 4 members (excludes halogenated alkanes) is 16. The van der Waals surface area contributed by atoms with Gasteiger partial charge in [0, 0.05) is 6.42 Å². The summed E-state index contributed by atoms with van der Waals surface area (Å²) in [7, 11) is 0. The van der Waals surface area contributed by atoms with E-state index in [1.54, 1.807) is 6.08 Å². The summed E-state index contributed by atoms with van der Waals surface area (Å²) in [6, 6.07) is -1.06. The molecule has 0 aromatic heterocycles. The van der Waals surface area contributed by atoms with Crippen molar-refractivity contribution in [3.63, 3.8) is 0 Å². The Morgan fingerprint density at radius 3 is 1.56 bits per heavy atom. The first-order valence-corrected chi connectivity index (χ1v) is 29.7. The summed E-state index contributed by atoms with van der Waals surface area (Å²) in [5.41, 5.74) is 0. The first kappa shape index (κ1) is 70.6. The van der Waals surface area contributed by atoms with Crippen LogP contribution in [0.1, 0.15) is 194 Å². The number of esters is 1. The molecule has 1 amide bonds. The van der Waals surface area contributed by atoms with Gasteiger partial charge in [0.05, 0.1) is 25.4 Å². The Labute approximate surface area is 466 Å². The molecule has 1 saturated heterocycles. The maximum atomic E-state index is 13.4. The van der Waals surface area contributed by atoms with E-state index in [9.17, 15) is 35.1 Å². The van der Waals surface area contributed by atoms with Crippen LogP contribution in [0.3, 0.4) is 0 Å². The fourth-order valence-electron chi connectivity index (χ4n) is 8.24. The number of aliphatic hydroxyl groups is 5. The molecule has 11 heteroatoms. The fourth-order valence-corrected chi connectivity index (χ4v) is 8.24. The van der Waals surface area contributed by atoms with Crippen molar-refractivity contribution < 1.29 is 49.3 Å². The highest BCUT2D eigenvalue weighted by atomic mass is 16.7. The first-order valence-electron chi connectivity index (χ1n) is 29.7. The summed E-state index contributed by atoms with van der Waals surface area (Å²) >= 11 is 0. The van der Waals surface area contributed by atoms with Gasteiger partial charge in [0.2, 0.25) is 5.91 Å². The Morgan fingerprint density at radius 2 is 1.00 bits per heavy atom. The van der Waals surface area contributed by atoms with Crippen molar-refractivity contribution >= 4 is 11.9 Å². The molecule has 0 aromatic carbocycles. The smallest absolute Gasteiger partial charge is 0.306 e. The molecule has 1 fully saturated rings. The zero-order valence-electron chi connectivity index (χ0n) is 47.8. The third kappa shape index (κ3) is 40.4. The molecule has 0 aromatic rings. The molecule has 0 bridgehead atoms. The summed E-state index contributed by atoms with van der Waals surface area (Å²) < 4.78 is 17.5. The molecule has 0 aliphatic carbocycles. The van der Waals surface area contributed by atoms with Crippen LogP contribution < -0.4 is 5.32 Å². The second kappa shape index (κ2) is 52.3. The van der Waals surface area contributed by atoms with Gasteiger partial charge in [0.15, 0.2) is 12.4 Å². The molecule has 77 heavy (non-hydrogen) atoms. The van der Waals surface area contributed by atoms with E-state index in [1.165, 1.54) is 51.4 Å². The molecule has 1 aliphatic rings. The van der Waals surface area contributed by atoms with E-state index < -0.39 is 67.4 Å². The van der Waals surface area contributed by atoms with Gasteiger partial charge < -0.3 is 45.1 Å². The van der Waals surface area contributed by atoms with Crippen LogP contribution in [0.15, 0.2) is 146 Å². The summed E-state index contributed by atoms with van der Waals surface area (Å²) in [4.78, 5) is 26.5. The maximum Gasteiger partial charge on any atom is 0.306 e. The minimum atomic E-state index is -1.65. The predicted octanol–water partition coefficient (Wildman–Crippen LogP) is 13.8. The molecule has 1 rings (SSSR count). The largest absolute Gasteiger partial charge is 0.454 e. The minimum Gasteiger partial charge on any atom is -0.454 e. The van der Waals surface area contributed by atoms with Crippen molar-refractivity contribution in [2.24, 2.45) is 0 Å². The van der Waals surface area contributed by atoms with Crippen LogP contribution in [0.5, 0.6) is 0 Å². The lowest BCUT2D eigenvalue weighted by Crippen LogP contribution is -2.61. The summed E-state index contributed by atoms with van der Waals surface area (Å²) in [5, 5.41) is 56.9. The lowest BCUT2D eigenvalue weighted by Gasteiger charge is -2.41. The molecule has 434 valence electrons. The van der Waals surface area contributed by atoms with Crippen molar-refractivity contribution in [1.82, 2.24) is 5.32 Å². The second-order valence-electron chi connectivity index (χ2n) is 19.8. The van der Waals surface area contributed by atoms with E-state index in [4.69, 9.17) is 14.2 Å². The number of allylic oxidation sites excluding steroid dienone is 23.